The minimum absolute atomic E-state index is 0.00776. The SMILES string of the molecule is CCCC(C)NC(=O)C(c1ccc(CC)cc1)N(C(=O)CNC(=O)OC(C)(C)C)C1CC1C. The molecular weight excluding hydrogens is 418 g/mol. The normalized spacial score (nSPS) is 19.2. The topological polar surface area (TPSA) is 87.7 Å². The first kappa shape index (κ1) is 26.7. The minimum Gasteiger partial charge on any atom is -0.444 e. The third kappa shape index (κ3) is 8.06. The van der Waals surface area contributed by atoms with Crippen LogP contribution in [0.1, 0.15) is 84.9 Å². The van der Waals surface area contributed by atoms with Crippen molar-refractivity contribution in [3.63, 3.8) is 0 Å². The molecule has 1 aromatic carbocycles. The van der Waals surface area contributed by atoms with Gasteiger partial charge in [-0.3, -0.25) is 9.59 Å². The molecule has 1 aliphatic carbocycles. The van der Waals surface area contributed by atoms with Gasteiger partial charge in [0.1, 0.15) is 18.2 Å². The molecule has 0 spiro atoms. The number of alkyl carbamates (subject to hydrolysis) is 1. The Hall–Kier alpha value is -2.57. The van der Waals surface area contributed by atoms with Crippen molar-refractivity contribution in [2.45, 2.75) is 97.9 Å². The van der Waals surface area contributed by atoms with Gasteiger partial charge in [0.25, 0.3) is 0 Å². The van der Waals surface area contributed by atoms with Crippen molar-refractivity contribution in [3.8, 4) is 0 Å². The summed E-state index contributed by atoms with van der Waals surface area (Å²) in [4.78, 5) is 40.6. The van der Waals surface area contributed by atoms with Gasteiger partial charge >= 0.3 is 6.09 Å². The molecule has 1 fully saturated rings. The van der Waals surface area contributed by atoms with E-state index in [0.717, 1.165) is 31.2 Å². The van der Waals surface area contributed by atoms with Gasteiger partial charge < -0.3 is 20.3 Å². The molecule has 2 N–H and O–H groups in total. The molecule has 0 bridgehead atoms. The zero-order valence-corrected chi connectivity index (χ0v) is 21.2. The Labute approximate surface area is 198 Å². The smallest absolute Gasteiger partial charge is 0.408 e. The van der Waals surface area contributed by atoms with Crippen LogP contribution in [0.15, 0.2) is 24.3 Å². The number of carbonyl (C=O) groups excluding carboxylic acids is 3. The molecular formula is C26H41N3O4. The molecule has 1 aliphatic rings. The van der Waals surface area contributed by atoms with E-state index in [-0.39, 0.29) is 30.4 Å². The quantitative estimate of drug-likeness (QED) is 0.544. The summed E-state index contributed by atoms with van der Waals surface area (Å²) >= 11 is 0. The first-order valence-electron chi connectivity index (χ1n) is 12.1. The van der Waals surface area contributed by atoms with Crippen LogP contribution in [0.25, 0.3) is 0 Å². The van der Waals surface area contributed by atoms with Crippen LogP contribution in [-0.2, 0) is 20.7 Å². The number of nitrogens with zero attached hydrogens (tertiary/aromatic N) is 1. The van der Waals surface area contributed by atoms with Crippen LogP contribution in [0, 0.1) is 5.92 Å². The Morgan fingerprint density at radius 3 is 2.24 bits per heavy atom. The number of hydrogen-bond acceptors (Lipinski definition) is 4. The van der Waals surface area contributed by atoms with E-state index in [4.69, 9.17) is 4.74 Å². The lowest BCUT2D eigenvalue weighted by molar-refractivity contribution is -0.141. The van der Waals surface area contributed by atoms with E-state index in [1.807, 2.05) is 31.2 Å². The molecule has 7 heteroatoms. The van der Waals surface area contributed by atoms with E-state index < -0.39 is 17.7 Å². The molecule has 4 atom stereocenters. The average Bonchev–Trinajstić information content (AvgIpc) is 3.44. The van der Waals surface area contributed by atoms with Gasteiger partial charge in [0, 0.05) is 12.1 Å². The van der Waals surface area contributed by atoms with Gasteiger partial charge in [0.15, 0.2) is 0 Å². The monoisotopic (exact) mass is 459 g/mol. The average molecular weight is 460 g/mol. The summed E-state index contributed by atoms with van der Waals surface area (Å²) in [5.41, 5.74) is 1.29. The largest absolute Gasteiger partial charge is 0.444 e. The standard InChI is InChI=1S/C26H41N3O4/c1-8-10-18(4)28-24(31)23(20-13-11-19(9-2)12-14-20)29(21-15-17(21)3)22(30)16-27-25(32)33-26(5,6)7/h11-14,17-18,21,23H,8-10,15-16H2,1-7H3,(H,27,32)(H,28,31). The molecule has 4 unspecified atom stereocenters. The summed E-state index contributed by atoms with van der Waals surface area (Å²) in [5.74, 6) is -0.184. The second-order valence-electron chi connectivity index (χ2n) is 10.1. The van der Waals surface area contributed by atoms with Gasteiger partial charge in [-0.2, -0.15) is 0 Å². The first-order valence-corrected chi connectivity index (χ1v) is 12.1. The van der Waals surface area contributed by atoms with Crippen LogP contribution in [0.4, 0.5) is 4.79 Å². The molecule has 0 saturated heterocycles. The molecule has 1 aromatic rings. The van der Waals surface area contributed by atoms with Crippen molar-refractivity contribution in [2.24, 2.45) is 5.92 Å². The number of aryl methyl sites for hydroxylation is 1. The molecule has 184 valence electrons. The number of hydrogen-bond donors (Lipinski definition) is 2. The molecule has 0 radical (unpaired) electrons. The van der Waals surface area contributed by atoms with E-state index in [2.05, 4.69) is 31.4 Å². The first-order chi connectivity index (χ1) is 15.5. The fourth-order valence-electron chi connectivity index (χ4n) is 3.96. The second kappa shape index (κ2) is 11.5. The molecule has 0 aliphatic heterocycles. The third-order valence-electron chi connectivity index (χ3n) is 5.84. The zero-order chi connectivity index (χ0) is 24.8. The predicted octanol–water partition coefficient (Wildman–Crippen LogP) is 4.36. The van der Waals surface area contributed by atoms with Crippen molar-refractivity contribution in [2.75, 3.05) is 6.54 Å². The van der Waals surface area contributed by atoms with Crippen molar-refractivity contribution in [1.82, 2.24) is 15.5 Å². The maximum absolute atomic E-state index is 13.5. The van der Waals surface area contributed by atoms with Crippen molar-refractivity contribution in [3.05, 3.63) is 35.4 Å². The van der Waals surface area contributed by atoms with Crippen LogP contribution < -0.4 is 10.6 Å². The fraction of sp³-hybridized carbons (Fsp3) is 0.654. The Balaban J connectivity index is 2.30. The molecule has 2 rings (SSSR count). The van der Waals surface area contributed by atoms with Gasteiger partial charge in [-0.1, -0.05) is 51.5 Å². The summed E-state index contributed by atoms with van der Waals surface area (Å²) in [6.07, 6.45) is 2.90. The Kier molecular flexibility index (Phi) is 9.32. The summed E-state index contributed by atoms with van der Waals surface area (Å²) in [5, 5.41) is 5.65. The molecule has 0 aromatic heterocycles. The minimum atomic E-state index is -0.752. The highest BCUT2D eigenvalue weighted by Gasteiger charge is 2.46. The number of benzene rings is 1. The highest BCUT2D eigenvalue weighted by molar-refractivity contribution is 5.91. The van der Waals surface area contributed by atoms with Crippen molar-refractivity contribution >= 4 is 17.9 Å². The molecule has 1 saturated carbocycles. The summed E-state index contributed by atoms with van der Waals surface area (Å²) in [6.45, 7) is 13.3. The van der Waals surface area contributed by atoms with Crippen molar-refractivity contribution < 1.29 is 19.1 Å². The van der Waals surface area contributed by atoms with Gasteiger partial charge in [-0.05, 0) is 64.0 Å². The number of ether oxygens (including phenoxy) is 1. The van der Waals surface area contributed by atoms with E-state index in [9.17, 15) is 14.4 Å². The predicted molar refractivity (Wildman–Crippen MR) is 130 cm³/mol. The highest BCUT2D eigenvalue weighted by Crippen LogP contribution is 2.40. The van der Waals surface area contributed by atoms with Crippen LogP contribution in [0.3, 0.4) is 0 Å². The van der Waals surface area contributed by atoms with E-state index in [1.54, 1.807) is 25.7 Å². The van der Waals surface area contributed by atoms with E-state index >= 15 is 0 Å². The third-order valence-corrected chi connectivity index (χ3v) is 5.84. The number of amides is 3. The Morgan fingerprint density at radius 1 is 1.15 bits per heavy atom. The van der Waals surface area contributed by atoms with E-state index in [0.29, 0.717) is 5.92 Å². The Bertz CT molecular complexity index is 816. The van der Waals surface area contributed by atoms with Crippen LogP contribution in [0.5, 0.6) is 0 Å². The lowest BCUT2D eigenvalue weighted by atomic mass is 10.0. The van der Waals surface area contributed by atoms with Gasteiger partial charge in [-0.25, -0.2) is 4.79 Å². The summed E-state index contributed by atoms with van der Waals surface area (Å²) in [7, 11) is 0. The molecule has 7 nitrogen and oxygen atoms in total. The van der Waals surface area contributed by atoms with Crippen LogP contribution in [0.2, 0.25) is 0 Å². The van der Waals surface area contributed by atoms with E-state index in [1.165, 1.54) is 5.56 Å². The maximum Gasteiger partial charge on any atom is 0.408 e. The van der Waals surface area contributed by atoms with Crippen LogP contribution in [-0.4, -0.2) is 47.0 Å². The molecule has 33 heavy (non-hydrogen) atoms. The fourth-order valence-corrected chi connectivity index (χ4v) is 3.96. The number of rotatable bonds is 10. The maximum atomic E-state index is 13.5. The lowest BCUT2D eigenvalue weighted by Crippen LogP contribution is -2.50. The Morgan fingerprint density at radius 2 is 1.76 bits per heavy atom. The lowest BCUT2D eigenvalue weighted by Gasteiger charge is -2.33. The zero-order valence-electron chi connectivity index (χ0n) is 21.2. The highest BCUT2D eigenvalue weighted by atomic mass is 16.6. The molecule has 3 amide bonds. The summed E-state index contributed by atoms with van der Waals surface area (Å²) in [6, 6.07) is 7.09. The van der Waals surface area contributed by atoms with Gasteiger partial charge in [0.2, 0.25) is 11.8 Å². The van der Waals surface area contributed by atoms with Gasteiger partial charge in [-0.15, -0.1) is 0 Å². The number of nitrogens with one attached hydrogen (secondary N) is 2. The second-order valence-corrected chi connectivity index (χ2v) is 10.1. The summed E-state index contributed by atoms with van der Waals surface area (Å²) < 4.78 is 5.26. The number of carbonyl (C=O) groups is 3. The van der Waals surface area contributed by atoms with Crippen LogP contribution >= 0.6 is 0 Å². The molecule has 0 heterocycles. The van der Waals surface area contributed by atoms with Crippen molar-refractivity contribution in [1.29, 1.82) is 0 Å². The van der Waals surface area contributed by atoms with Gasteiger partial charge in [0.05, 0.1) is 0 Å².